The van der Waals surface area contributed by atoms with Crippen LogP contribution in [-0.4, -0.2) is 17.1 Å². The minimum atomic E-state index is -4.42. The van der Waals surface area contributed by atoms with Crippen LogP contribution in [0.25, 0.3) is 0 Å². The zero-order valence-corrected chi connectivity index (χ0v) is 16.5. The highest BCUT2D eigenvalue weighted by atomic mass is 35.5. The Hall–Kier alpha value is -1.79. The number of aryl methyl sites for hydroxylation is 1. The van der Waals surface area contributed by atoms with Gasteiger partial charge in [0.25, 0.3) is 0 Å². The molecule has 1 fully saturated rings. The zero-order chi connectivity index (χ0) is 20.1. The molecule has 1 aliphatic carbocycles. The number of pyridine rings is 1. The van der Waals surface area contributed by atoms with Crippen LogP contribution in [0.3, 0.4) is 0 Å². The molecule has 0 aliphatic heterocycles. The fraction of sp³-hybridized carbons (Fsp3) is 0.476. The number of hydrogen-bond acceptors (Lipinski definition) is 3. The van der Waals surface area contributed by atoms with Gasteiger partial charge in [-0.3, -0.25) is 0 Å². The molecule has 2 atom stereocenters. The maximum absolute atomic E-state index is 12.8. The molecule has 152 valence electrons. The first-order valence-corrected chi connectivity index (χ1v) is 9.94. The van der Waals surface area contributed by atoms with Gasteiger partial charge in [-0.25, -0.2) is 4.98 Å². The second-order valence-corrected chi connectivity index (χ2v) is 7.51. The third kappa shape index (κ3) is 5.61. The molecule has 0 saturated heterocycles. The van der Waals surface area contributed by atoms with Crippen LogP contribution in [0, 0.1) is 0 Å². The molecule has 3 nitrogen and oxygen atoms in total. The molecule has 0 radical (unpaired) electrons. The molecule has 0 amide bonds. The number of halogens is 4. The maximum atomic E-state index is 12.8. The average molecular weight is 413 g/mol. The first kappa shape index (κ1) is 20.9. The Morgan fingerprint density at radius 3 is 2.79 bits per heavy atom. The van der Waals surface area contributed by atoms with E-state index in [9.17, 15) is 13.2 Å². The molecule has 2 unspecified atom stereocenters. The quantitative estimate of drug-likeness (QED) is 0.651. The van der Waals surface area contributed by atoms with Gasteiger partial charge in [0.1, 0.15) is 17.5 Å². The highest BCUT2D eigenvalue weighted by Gasteiger charge is 2.32. The van der Waals surface area contributed by atoms with Crippen LogP contribution < -0.4 is 10.1 Å². The summed E-state index contributed by atoms with van der Waals surface area (Å²) < 4.78 is 44.5. The number of nitrogens with zero attached hydrogens (tertiary/aromatic N) is 1. The Bertz CT molecular complexity index is 797. The summed E-state index contributed by atoms with van der Waals surface area (Å²) in [5.74, 6) is 0.812. The highest BCUT2D eigenvalue weighted by molar-refractivity contribution is 6.31. The first-order chi connectivity index (χ1) is 13.3. The van der Waals surface area contributed by atoms with Crippen molar-refractivity contribution in [2.45, 2.75) is 63.9 Å². The van der Waals surface area contributed by atoms with Crippen molar-refractivity contribution in [2.75, 3.05) is 0 Å². The monoisotopic (exact) mass is 412 g/mol. The number of ether oxygens (including phenoxy) is 1. The van der Waals surface area contributed by atoms with Gasteiger partial charge in [-0.1, -0.05) is 24.6 Å². The Kier molecular flexibility index (Phi) is 6.83. The molecule has 0 spiro atoms. The summed E-state index contributed by atoms with van der Waals surface area (Å²) >= 11 is 6.16. The fourth-order valence-corrected chi connectivity index (χ4v) is 3.76. The van der Waals surface area contributed by atoms with Gasteiger partial charge in [0.05, 0.1) is 5.69 Å². The molecule has 2 aromatic rings. The standard InChI is InChI=1S/C21H24ClF3N2O/c1-2-14-11-18(9-10-19(14)22)28-17-7-3-5-15(12-17)26-13-16-6-4-8-20(27-16)21(23,24)25/h4,6,8-11,15,17,26H,2-3,5,7,12-13H2,1H3. The van der Waals surface area contributed by atoms with Gasteiger partial charge in [-0.2, -0.15) is 13.2 Å². The average Bonchev–Trinajstić information content (AvgIpc) is 2.68. The zero-order valence-electron chi connectivity index (χ0n) is 15.7. The van der Waals surface area contributed by atoms with E-state index < -0.39 is 11.9 Å². The van der Waals surface area contributed by atoms with Crippen molar-refractivity contribution >= 4 is 11.6 Å². The molecule has 28 heavy (non-hydrogen) atoms. The lowest BCUT2D eigenvalue weighted by molar-refractivity contribution is -0.141. The molecule has 1 saturated carbocycles. The minimum absolute atomic E-state index is 0.0756. The lowest BCUT2D eigenvalue weighted by atomic mass is 9.92. The van der Waals surface area contributed by atoms with E-state index in [0.29, 0.717) is 12.2 Å². The lowest BCUT2D eigenvalue weighted by Gasteiger charge is -2.30. The van der Waals surface area contributed by atoms with E-state index in [1.807, 2.05) is 25.1 Å². The number of alkyl halides is 3. The third-order valence-electron chi connectivity index (χ3n) is 5.00. The molecule has 1 heterocycles. The molecule has 3 rings (SSSR count). The first-order valence-electron chi connectivity index (χ1n) is 9.56. The Labute approximate surface area is 168 Å². The minimum Gasteiger partial charge on any atom is -0.490 e. The van der Waals surface area contributed by atoms with Crippen LogP contribution >= 0.6 is 11.6 Å². The van der Waals surface area contributed by atoms with Crippen molar-refractivity contribution in [3.05, 3.63) is 58.4 Å². The molecular weight excluding hydrogens is 389 g/mol. The smallest absolute Gasteiger partial charge is 0.433 e. The largest absolute Gasteiger partial charge is 0.490 e. The van der Waals surface area contributed by atoms with Gasteiger partial charge < -0.3 is 10.1 Å². The van der Waals surface area contributed by atoms with Crippen molar-refractivity contribution in [1.82, 2.24) is 10.3 Å². The summed E-state index contributed by atoms with van der Waals surface area (Å²) in [6, 6.07) is 9.90. The predicted octanol–water partition coefficient (Wildman–Crippen LogP) is 5.80. The fourth-order valence-electron chi connectivity index (χ4n) is 3.51. The van der Waals surface area contributed by atoms with Crippen molar-refractivity contribution in [2.24, 2.45) is 0 Å². The Morgan fingerprint density at radius 1 is 1.21 bits per heavy atom. The second-order valence-electron chi connectivity index (χ2n) is 7.10. The van der Waals surface area contributed by atoms with E-state index in [2.05, 4.69) is 10.3 Å². The van der Waals surface area contributed by atoms with E-state index in [-0.39, 0.29) is 12.1 Å². The SMILES string of the molecule is CCc1cc(OC2CCCC(NCc3cccc(C(F)(F)F)n3)C2)ccc1Cl. The molecule has 1 aliphatic rings. The predicted molar refractivity (Wildman–Crippen MR) is 104 cm³/mol. The topological polar surface area (TPSA) is 34.1 Å². The van der Waals surface area contributed by atoms with E-state index in [1.165, 1.54) is 6.07 Å². The molecule has 7 heteroatoms. The van der Waals surface area contributed by atoms with Gasteiger partial charge in [-0.15, -0.1) is 0 Å². The summed E-state index contributed by atoms with van der Waals surface area (Å²) in [5.41, 5.74) is 0.592. The third-order valence-corrected chi connectivity index (χ3v) is 5.36. The normalized spacial score (nSPS) is 20.2. The van der Waals surface area contributed by atoms with Crippen molar-refractivity contribution < 1.29 is 17.9 Å². The summed E-state index contributed by atoms with van der Waals surface area (Å²) in [5, 5.41) is 4.08. The van der Waals surface area contributed by atoms with Gasteiger partial charge >= 0.3 is 6.18 Å². The van der Waals surface area contributed by atoms with Crippen molar-refractivity contribution in [1.29, 1.82) is 0 Å². The summed E-state index contributed by atoms with van der Waals surface area (Å²) in [7, 11) is 0. The van der Waals surface area contributed by atoms with Crippen LogP contribution in [0.5, 0.6) is 5.75 Å². The number of hydrogen-bond donors (Lipinski definition) is 1. The van der Waals surface area contributed by atoms with E-state index in [4.69, 9.17) is 16.3 Å². The number of benzene rings is 1. The lowest BCUT2D eigenvalue weighted by Crippen LogP contribution is -2.38. The van der Waals surface area contributed by atoms with Gasteiger partial charge in [0, 0.05) is 17.6 Å². The number of nitrogens with one attached hydrogen (secondary N) is 1. The van der Waals surface area contributed by atoms with Gasteiger partial charge in [-0.05, 0) is 68.0 Å². The summed E-state index contributed by atoms with van der Waals surface area (Å²) in [6.07, 6.45) is 0.246. The Balaban J connectivity index is 1.55. The molecular formula is C21H24ClF3N2O. The Morgan fingerprint density at radius 2 is 2.04 bits per heavy atom. The van der Waals surface area contributed by atoms with Crippen LogP contribution in [0.4, 0.5) is 13.2 Å². The molecule has 1 aromatic heterocycles. The van der Waals surface area contributed by atoms with E-state index >= 15 is 0 Å². The maximum Gasteiger partial charge on any atom is 0.433 e. The number of rotatable bonds is 6. The van der Waals surface area contributed by atoms with Gasteiger partial charge in [0.2, 0.25) is 0 Å². The van der Waals surface area contributed by atoms with E-state index in [0.717, 1.165) is 54.5 Å². The summed E-state index contributed by atoms with van der Waals surface area (Å²) in [4.78, 5) is 3.71. The molecule has 1 N–H and O–H groups in total. The van der Waals surface area contributed by atoms with Crippen LogP contribution in [-0.2, 0) is 19.1 Å². The van der Waals surface area contributed by atoms with Crippen LogP contribution in [0.15, 0.2) is 36.4 Å². The van der Waals surface area contributed by atoms with Crippen LogP contribution in [0.1, 0.15) is 49.6 Å². The van der Waals surface area contributed by atoms with Crippen molar-refractivity contribution in [3.8, 4) is 5.75 Å². The highest BCUT2D eigenvalue weighted by Crippen LogP contribution is 2.29. The van der Waals surface area contributed by atoms with E-state index in [1.54, 1.807) is 6.07 Å². The van der Waals surface area contributed by atoms with Gasteiger partial charge in [0.15, 0.2) is 0 Å². The summed E-state index contributed by atoms with van der Waals surface area (Å²) in [6.45, 7) is 2.36. The molecule has 0 bridgehead atoms. The van der Waals surface area contributed by atoms with Crippen molar-refractivity contribution in [3.63, 3.8) is 0 Å². The number of aromatic nitrogens is 1. The van der Waals surface area contributed by atoms with Crippen LogP contribution in [0.2, 0.25) is 5.02 Å². The second kappa shape index (κ2) is 9.14. The molecule has 1 aromatic carbocycles.